The van der Waals surface area contributed by atoms with Crippen molar-refractivity contribution in [1.29, 1.82) is 0 Å². The average molecular weight is 353 g/mol. The molecule has 132 valence electrons. The number of carboxylic acid groups (broad SMARTS) is 1. The van der Waals surface area contributed by atoms with Crippen LogP contribution in [0.4, 0.5) is 0 Å². The summed E-state index contributed by atoms with van der Waals surface area (Å²) >= 11 is 0. The summed E-state index contributed by atoms with van der Waals surface area (Å²) in [6.07, 6.45) is 0.00778. The van der Waals surface area contributed by atoms with Crippen LogP contribution in [0, 0.1) is 0 Å². The van der Waals surface area contributed by atoms with Gasteiger partial charge in [0.25, 0.3) is 0 Å². The van der Waals surface area contributed by atoms with E-state index >= 15 is 0 Å². The SMILES string of the molecule is O=C(Cc1ccccc1)NC(C(=O)O)c1cc2ccc(=O)oc2cc1O. The second-order valence-corrected chi connectivity index (χ2v) is 5.70. The van der Waals surface area contributed by atoms with Crippen molar-refractivity contribution in [2.45, 2.75) is 12.5 Å². The van der Waals surface area contributed by atoms with Crippen molar-refractivity contribution in [1.82, 2.24) is 5.32 Å². The molecule has 1 aromatic heterocycles. The number of hydrogen-bond donors (Lipinski definition) is 3. The molecule has 0 aliphatic heterocycles. The first-order valence-corrected chi connectivity index (χ1v) is 7.77. The lowest BCUT2D eigenvalue weighted by Crippen LogP contribution is -2.34. The van der Waals surface area contributed by atoms with Gasteiger partial charge in [0.1, 0.15) is 11.3 Å². The number of fused-ring (bicyclic) bond motifs is 1. The van der Waals surface area contributed by atoms with Gasteiger partial charge in [0.2, 0.25) is 5.91 Å². The van der Waals surface area contributed by atoms with Crippen LogP contribution < -0.4 is 10.9 Å². The van der Waals surface area contributed by atoms with Crippen molar-refractivity contribution < 1.29 is 24.2 Å². The molecular formula is C19H15NO6. The summed E-state index contributed by atoms with van der Waals surface area (Å²) < 4.78 is 4.95. The summed E-state index contributed by atoms with van der Waals surface area (Å²) in [6, 6.07) is 12.6. The van der Waals surface area contributed by atoms with Gasteiger partial charge in [-0.15, -0.1) is 0 Å². The Morgan fingerprint density at radius 3 is 2.50 bits per heavy atom. The highest BCUT2D eigenvalue weighted by Gasteiger charge is 2.25. The van der Waals surface area contributed by atoms with E-state index in [9.17, 15) is 24.6 Å². The first-order chi connectivity index (χ1) is 12.4. The van der Waals surface area contributed by atoms with Crippen molar-refractivity contribution in [3.63, 3.8) is 0 Å². The van der Waals surface area contributed by atoms with Crippen LogP contribution in [-0.4, -0.2) is 22.1 Å². The molecule has 0 aliphatic carbocycles. The molecule has 1 unspecified atom stereocenters. The Bertz CT molecular complexity index is 1030. The lowest BCUT2D eigenvalue weighted by Gasteiger charge is -2.17. The van der Waals surface area contributed by atoms with E-state index in [1.807, 2.05) is 6.07 Å². The molecule has 3 N–H and O–H groups in total. The number of carbonyl (C=O) groups excluding carboxylic acids is 1. The zero-order valence-corrected chi connectivity index (χ0v) is 13.5. The lowest BCUT2D eigenvalue weighted by atomic mass is 10.0. The molecule has 0 saturated heterocycles. The fourth-order valence-electron chi connectivity index (χ4n) is 2.62. The van der Waals surface area contributed by atoms with Crippen LogP contribution in [0.2, 0.25) is 0 Å². The van der Waals surface area contributed by atoms with E-state index in [4.69, 9.17) is 4.42 Å². The molecule has 0 bridgehead atoms. The van der Waals surface area contributed by atoms with E-state index in [2.05, 4.69) is 5.32 Å². The molecule has 0 radical (unpaired) electrons. The molecule has 1 amide bonds. The minimum absolute atomic E-state index is 0.000241. The number of nitrogens with one attached hydrogen (secondary N) is 1. The maximum Gasteiger partial charge on any atom is 0.336 e. The number of aromatic hydroxyl groups is 1. The Balaban J connectivity index is 1.90. The highest BCUT2D eigenvalue weighted by molar-refractivity contribution is 5.88. The second kappa shape index (κ2) is 7.10. The Morgan fingerprint density at radius 1 is 1.08 bits per heavy atom. The highest BCUT2D eigenvalue weighted by atomic mass is 16.4. The first-order valence-electron chi connectivity index (χ1n) is 7.77. The monoisotopic (exact) mass is 353 g/mol. The molecule has 0 aliphatic rings. The van der Waals surface area contributed by atoms with E-state index in [0.717, 1.165) is 11.6 Å². The highest BCUT2D eigenvalue weighted by Crippen LogP contribution is 2.29. The average Bonchev–Trinajstić information content (AvgIpc) is 2.60. The van der Waals surface area contributed by atoms with Gasteiger partial charge in [-0.3, -0.25) is 4.79 Å². The molecular weight excluding hydrogens is 338 g/mol. The fraction of sp³-hybridized carbons (Fsp3) is 0.105. The van der Waals surface area contributed by atoms with Gasteiger partial charge in [0, 0.05) is 23.1 Å². The predicted octanol–water partition coefficient (Wildman–Crippen LogP) is 1.98. The van der Waals surface area contributed by atoms with E-state index in [1.165, 1.54) is 18.2 Å². The molecule has 7 heteroatoms. The van der Waals surface area contributed by atoms with E-state index in [0.29, 0.717) is 5.39 Å². The second-order valence-electron chi connectivity index (χ2n) is 5.70. The lowest BCUT2D eigenvalue weighted by molar-refractivity contribution is -0.142. The summed E-state index contributed by atoms with van der Waals surface area (Å²) in [6.45, 7) is 0. The number of rotatable bonds is 5. The van der Waals surface area contributed by atoms with Crippen molar-refractivity contribution in [3.05, 3.63) is 76.1 Å². The van der Waals surface area contributed by atoms with E-state index in [1.54, 1.807) is 24.3 Å². The van der Waals surface area contributed by atoms with Gasteiger partial charge < -0.3 is 19.9 Å². The molecule has 3 aromatic rings. The third-order valence-corrected chi connectivity index (χ3v) is 3.84. The molecule has 3 rings (SSSR count). The summed E-state index contributed by atoms with van der Waals surface area (Å²) in [4.78, 5) is 35.1. The number of benzene rings is 2. The van der Waals surface area contributed by atoms with Gasteiger partial charge in [-0.2, -0.15) is 0 Å². The van der Waals surface area contributed by atoms with Crippen LogP contribution in [0.3, 0.4) is 0 Å². The number of phenols is 1. The Labute approximate surface area is 147 Å². The third-order valence-electron chi connectivity index (χ3n) is 3.84. The Kier molecular flexibility index (Phi) is 4.70. The standard InChI is InChI=1S/C19H15NO6/c21-14-10-15-12(6-7-17(23)26-15)9-13(14)18(19(24)25)20-16(22)8-11-4-2-1-3-5-11/h1-7,9-10,18,21H,8H2,(H,20,22)(H,24,25). The number of carbonyl (C=O) groups is 2. The van der Waals surface area contributed by atoms with Crippen LogP contribution in [-0.2, 0) is 16.0 Å². The summed E-state index contributed by atoms with van der Waals surface area (Å²) in [7, 11) is 0. The van der Waals surface area contributed by atoms with Gasteiger partial charge in [0.05, 0.1) is 6.42 Å². The molecule has 7 nitrogen and oxygen atoms in total. The molecule has 1 atom stereocenters. The quantitative estimate of drug-likeness (QED) is 0.604. The topological polar surface area (TPSA) is 117 Å². The first kappa shape index (κ1) is 17.2. The fourth-order valence-corrected chi connectivity index (χ4v) is 2.62. The summed E-state index contributed by atoms with van der Waals surface area (Å²) in [5.41, 5.74) is 0.271. The zero-order valence-electron chi connectivity index (χ0n) is 13.5. The number of amides is 1. The largest absolute Gasteiger partial charge is 0.507 e. The maximum absolute atomic E-state index is 12.2. The van der Waals surface area contributed by atoms with E-state index in [-0.39, 0.29) is 23.3 Å². The van der Waals surface area contributed by atoms with Gasteiger partial charge in [0.15, 0.2) is 6.04 Å². The van der Waals surface area contributed by atoms with Gasteiger partial charge in [-0.25, -0.2) is 9.59 Å². The molecule has 0 spiro atoms. The summed E-state index contributed by atoms with van der Waals surface area (Å²) in [5, 5.41) is 22.5. The smallest absolute Gasteiger partial charge is 0.336 e. The molecule has 26 heavy (non-hydrogen) atoms. The molecule has 0 fully saturated rings. The minimum atomic E-state index is -1.44. The third kappa shape index (κ3) is 3.72. The Hall–Kier alpha value is -3.61. The van der Waals surface area contributed by atoms with Crippen LogP contribution >= 0.6 is 0 Å². The zero-order chi connectivity index (χ0) is 18.7. The van der Waals surface area contributed by atoms with Crippen molar-refractivity contribution >= 4 is 22.8 Å². The molecule has 0 saturated carbocycles. The molecule has 2 aromatic carbocycles. The predicted molar refractivity (Wildman–Crippen MR) is 92.8 cm³/mol. The maximum atomic E-state index is 12.2. The van der Waals surface area contributed by atoms with Crippen molar-refractivity contribution in [3.8, 4) is 5.75 Å². The van der Waals surface area contributed by atoms with Crippen LogP contribution in [0.25, 0.3) is 11.0 Å². The normalized spacial score (nSPS) is 11.8. The van der Waals surface area contributed by atoms with E-state index < -0.39 is 23.5 Å². The van der Waals surface area contributed by atoms with Gasteiger partial charge in [-0.1, -0.05) is 30.3 Å². The summed E-state index contributed by atoms with van der Waals surface area (Å²) in [5.74, 6) is -2.21. The van der Waals surface area contributed by atoms with Gasteiger partial charge >= 0.3 is 11.6 Å². The van der Waals surface area contributed by atoms with Crippen LogP contribution in [0.15, 0.2) is 63.8 Å². The van der Waals surface area contributed by atoms with Crippen LogP contribution in [0.1, 0.15) is 17.2 Å². The molecule has 1 heterocycles. The van der Waals surface area contributed by atoms with Crippen LogP contribution in [0.5, 0.6) is 5.75 Å². The van der Waals surface area contributed by atoms with Crippen molar-refractivity contribution in [2.24, 2.45) is 0 Å². The number of hydrogen-bond acceptors (Lipinski definition) is 5. The number of carboxylic acids is 1. The van der Waals surface area contributed by atoms with Gasteiger partial charge in [-0.05, 0) is 17.7 Å². The minimum Gasteiger partial charge on any atom is -0.507 e. The number of aliphatic carboxylic acids is 1. The van der Waals surface area contributed by atoms with Crippen molar-refractivity contribution in [2.75, 3.05) is 0 Å². The Morgan fingerprint density at radius 2 is 1.81 bits per heavy atom. The number of phenolic OH excluding ortho intramolecular Hbond substituents is 1.